The maximum Gasteiger partial charge on any atom is 0.308 e. The molecule has 0 amide bonds. The topological polar surface area (TPSA) is 93.4 Å². The van der Waals surface area contributed by atoms with Crippen LogP contribution >= 0.6 is 11.6 Å². The van der Waals surface area contributed by atoms with Crippen molar-refractivity contribution in [1.29, 1.82) is 0 Å². The summed E-state index contributed by atoms with van der Waals surface area (Å²) in [4.78, 5) is 24.1. The molecule has 34 heavy (non-hydrogen) atoms. The number of benzene rings is 2. The van der Waals surface area contributed by atoms with E-state index in [0.29, 0.717) is 64.0 Å². The van der Waals surface area contributed by atoms with Crippen LogP contribution in [0.3, 0.4) is 0 Å². The van der Waals surface area contributed by atoms with Gasteiger partial charge in [0.25, 0.3) is 0 Å². The second-order valence-electron chi connectivity index (χ2n) is 7.83. The molecular weight excluding hydrogens is 464 g/mol. The molecule has 0 N–H and O–H groups in total. The zero-order valence-electron chi connectivity index (χ0n) is 19.1. The molecule has 0 bridgehead atoms. The van der Waals surface area contributed by atoms with Crippen LogP contribution in [0.2, 0.25) is 5.02 Å². The summed E-state index contributed by atoms with van der Waals surface area (Å²) in [5.41, 5.74) is 0.658. The van der Waals surface area contributed by atoms with E-state index in [1.807, 2.05) is 0 Å². The Labute approximate surface area is 201 Å². The molecule has 1 saturated carbocycles. The van der Waals surface area contributed by atoms with Crippen LogP contribution in [-0.4, -0.2) is 46.6 Å². The molecule has 180 valence electrons. The maximum absolute atomic E-state index is 12.6. The monoisotopic (exact) mass is 488 g/mol. The third kappa shape index (κ3) is 4.83. The molecule has 2 aromatic carbocycles. The predicted molar refractivity (Wildman–Crippen MR) is 126 cm³/mol. The Morgan fingerprint density at radius 3 is 2.53 bits per heavy atom. The van der Waals surface area contributed by atoms with Crippen LogP contribution in [0.15, 0.2) is 45.6 Å². The van der Waals surface area contributed by atoms with Crippen LogP contribution in [0.5, 0.6) is 17.2 Å². The molecule has 1 aliphatic rings. The fourth-order valence-electron chi connectivity index (χ4n) is 3.89. The van der Waals surface area contributed by atoms with Crippen LogP contribution in [0, 0.1) is 5.92 Å². The lowest BCUT2D eigenvalue weighted by atomic mass is 9.82. The van der Waals surface area contributed by atoms with Crippen molar-refractivity contribution < 1.29 is 32.9 Å². The van der Waals surface area contributed by atoms with E-state index < -0.39 is 0 Å². The van der Waals surface area contributed by atoms with Gasteiger partial charge in [-0.3, -0.25) is 9.59 Å². The van der Waals surface area contributed by atoms with Gasteiger partial charge in [0.2, 0.25) is 5.75 Å². The van der Waals surface area contributed by atoms with E-state index in [4.69, 9.17) is 39.7 Å². The number of esters is 1. The zero-order valence-corrected chi connectivity index (χ0v) is 19.8. The molecule has 1 aromatic heterocycles. The Hall–Kier alpha value is -3.23. The average Bonchev–Trinajstić information content (AvgIpc) is 2.82. The van der Waals surface area contributed by atoms with Gasteiger partial charge in [0.15, 0.2) is 22.5 Å². The van der Waals surface area contributed by atoms with Crippen molar-refractivity contribution in [1.82, 2.24) is 0 Å². The molecule has 0 aliphatic heterocycles. The first-order chi connectivity index (χ1) is 16.4. The van der Waals surface area contributed by atoms with Gasteiger partial charge in [-0.05, 0) is 37.1 Å². The third-order valence-electron chi connectivity index (χ3n) is 5.76. The fraction of sp³-hybridized carbons (Fsp3) is 0.360. The summed E-state index contributed by atoms with van der Waals surface area (Å²) in [7, 11) is 4.41. The summed E-state index contributed by atoms with van der Waals surface area (Å²) < 4.78 is 33.3. The molecule has 4 rings (SSSR count). The Morgan fingerprint density at radius 2 is 1.82 bits per heavy atom. The van der Waals surface area contributed by atoms with Gasteiger partial charge in [-0.25, -0.2) is 0 Å². The van der Waals surface area contributed by atoms with Gasteiger partial charge in [-0.2, -0.15) is 0 Å². The quantitative estimate of drug-likeness (QED) is 0.321. The largest absolute Gasteiger partial charge is 0.493 e. The highest BCUT2D eigenvalue weighted by Crippen LogP contribution is 2.42. The Bertz CT molecular complexity index is 1250. The van der Waals surface area contributed by atoms with E-state index in [0.717, 1.165) is 0 Å². The van der Waals surface area contributed by atoms with E-state index in [2.05, 4.69) is 0 Å². The minimum absolute atomic E-state index is 0.00656. The Balaban J connectivity index is 1.52. The second kappa shape index (κ2) is 10.4. The summed E-state index contributed by atoms with van der Waals surface area (Å²) >= 11 is 6.25. The van der Waals surface area contributed by atoms with Gasteiger partial charge >= 0.3 is 5.97 Å². The SMILES string of the molecule is COc1cc(-c2cc(=O)c3cccc(Cl)c3o2)cc(OCCO[C@H]2C[C@H](C(=O)OC)C2)c1OC. The van der Waals surface area contributed by atoms with Gasteiger partial charge < -0.3 is 28.1 Å². The number of methoxy groups -OCH3 is 3. The number of carbonyl (C=O) groups is 1. The van der Waals surface area contributed by atoms with Gasteiger partial charge in [-0.1, -0.05) is 17.7 Å². The number of ether oxygens (including phenoxy) is 5. The number of carbonyl (C=O) groups excluding carboxylic acids is 1. The standard InChI is InChI=1S/C25H25ClO8/c1-29-21-11-14(20-13-19(27)17-5-4-6-18(26)23(17)34-20)12-22(24(21)30-2)33-8-7-32-16-9-15(10-16)25(28)31-3/h4-6,11-13,15-16H,7-10H2,1-3H3/t15-,16-. The normalized spacial score (nSPS) is 17.2. The number of hydrogen-bond donors (Lipinski definition) is 0. The summed E-state index contributed by atoms with van der Waals surface area (Å²) in [6.45, 7) is 0.574. The van der Waals surface area contributed by atoms with Crippen molar-refractivity contribution in [2.24, 2.45) is 5.92 Å². The molecule has 1 aliphatic carbocycles. The van der Waals surface area contributed by atoms with E-state index in [1.54, 1.807) is 30.3 Å². The van der Waals surface area contributed by atoms with Crippen molar-refractivity contribution in [2.75, 3.05) is 34.5 Å². The minimum Gasteiger partial charge on any atom is -0.493 e. The van der Waals surface area contributed by atoms with Crippen molar-refractivity contribution in [2.45, 2.75) is 18.9 Å². The Kier molecular flexibility index (Phi) is 7.29. The van der Waals surface area contributed by atoms with E-state index in [-0.39, 0.29) is 30.0 Å². The molecule has 0 saturated heterocycles. The summed E-state index contributed by atoms with van der Waals surface area (Å²) in [6.07, 6.45) is 1.29. The molecule has 8 nitrogen and oxygen atoms in total. The van der Waals surface area contributed by atoms with Crippen molar-refractivity contribution in [3.05, 3.63) is 51.6 Å². The highest BCUT2D eigenvalue weighted by molar-refractivity contribution is 6.34. The average molecular weight is 489 g/mol. The second-order valence-corrected chi connectivity index (χ2v) is 8.24. The summed E-state index contributed by atoms with van der Waals surface area (Å²) in [5, 5.41) is 0.742. The molecular formula is C25H25ClO8. The fourth-order valence-corrected chi connectivity index (χ4v) is 4.10. The lowest BCUT2D eigenvalue weighted by molar-refractivity contribution is -0.155. The van der Waals surface area contributed by atoms with Crippen LogP contribution in [0.1, 0.15) is 12.8 Å². The van der Waals surface area contributed by atoms with Gasteiger partial charge in [0, 0.05) is 11.6 Å². The smallest absolute Gasteiger partial charge is 0.308 e. The van der Waals surface area contributed by atoms with Gasteiger partial charge in [-0.15, -0.1) is 0 Å². The van der Waals surface area contributed by atoms with Crippen LogP contribution < -0.4 is 19.6 Å². The molecule has 0 unspecified atom stereocenters. The zero-order chi connectivity index (χ0) is 24.2. The van der Waals surface area contributed by atoms with Crippen molar-refractivity contribution in [3.63, 3.8) is 0 Å². The van der Waals surface area contributed by atoms with E-state index in [9.17, 15) is 9.59 Å². The first-order valence-corrected chi connectivity index (χ1v) is 11.1. The minimum atomic E-state index is -0.213. The van der Waals surface area contributed by atoms with E-state index >= 15 is 0 Å². The highest BCUT2D eigenvalue weighted by Gasteiger charge is 2.35. The van der Waals surface area contributed by atoms with Crippen LogP contribution in [0.25, 0.3) is 22.3 Å². The molecule has 1 fully saturated rings. The first kappa shape index (κ1) is 23.9. The van der Waals surface area contributed by atoms with Crippen LogP contribution in [-0.2, 0) is 14.3 Å². The number of rotatable bonds is 9. The Morgan fingerprint density at radius 1 is 1.06 bits per heavy atom. The molecule has 1 heterocycles. The molecule has 9 heteroatoms. The maximum atomic E-state index is 12.6. The molecule has 0 atom stereocenters. The van der Waals surface area contributed by atoms with Gasteiger partial charge in [0.1, 0.15) is 12.4 Å². The summed E-state index contributed by atoms with van der Waals surface area (Å²) in [6, 6.07) is 9.83. The molecule has 0 radical (unpaired) electrons. The lowest BCUT2D eigenvalue weighted by Gasteiger charge is -2.32. The van der Waals surface area contributed by atoms with Crippen molar-refractivity contribution >= 4 is 28.5 Å². The van der Waals surface area contributed by atoms with E-state index in [1.165, 1.54) is 27.4 Å². The highest BCUT2D eigenvalue weighted by atomic mass is 35.5. The number of fused-ring (bicyclic) bond motifs is 1. The first-order valence-electron chi connectivity index (χ1n) is 10.8. The van der Waals surface area contributed by atoms with Gasteiger partial charge in [0.05, 0.1) is 50.4 Å². The molecule has 0 spiro atoms. The predicted octanol–water partition coefficient (Wildman–Crippen LogP) is 4.48. The number of para-hydroxylation sites is 1. The lowest BCUT2D eigenvalue weighted by Crippen LogP contribution is -2.37. The van der Waals surface area contributed by atoms with Crippen LogP contribution in [0.4, 0.5) is 0 Å². The summed E-state index contributed by atoms with van der Waals surface area (Å²) in [5.74, 6) is 1.24. The number of halogens is 1. The molecule has 3 aromatic rings. The third-order valence-corrected chi connectivity index (χ3v) is 6.06. The number of hydrogen-bond acceptors (Lipinski definition) is 8. The van der Waals surface area contributed by atoms with Crippen molar-refractivity contribution in [3.8, 4) is 28.6 Å².